The smallest absolute Gasteiger partial charge is 0.224 e. The van der Waals surface area contributed by atoms with E-state index >= 15 is 0 Å². The fourth-order valence-corrected chi connectivity index (χ4v) is 2.83. The zero-order valence-corrected chi connectivity index (χ0v) is 11.5. The summed E-state index contributed by atoms with van der Waals surface area (Å²) in [7, 11) is 0. The Hall–Kier alpha value is -0.610. The van der Waals surface area contributed by atoms with Crippen molar-refractivity contribution in [2.24, 2.45) is 5.92 Å². The number of nitrogens with one attached hydrogen (secondary N) is 1. The summed E-state index contributed by atoms with van der Waals surface area (Å²) >= 11 is 0. The van der Waals surface area contributed by atoms with Crippen LogP contribution in [0, 0.1) is 5.92 Å². The molecule has 1 unspecified atom stereocenters. The maximum atomic E-state index is 12.0. The summed E-state index contributed by atoms with van der Waals surface area (Å²) in [5.41, 5.74) is 0. The van der Waals surface area contributed by atoms with E-state index in [0.29, 0.717) is 19.1 Å². The highest BCUT2D eigenvalue weighted by Crippen LogP contribution is 2.19. The molecule has 2 rings (SSSR count). The number of nitrogens with zero attached hydrogens (tertiary/aromatic N) is 1. The number of amides is 1. The molecule has 18 heavy (non-hydrogen) atoms. The number of piperidine rings is 1. The molecule has 0 bridgehead atoms. The lowest BCUT2D eigenvalue weighted by molar-refractivity contribution is -0.132. The number of ether oxygens (including phenoxy) is 1. The lowest BCUT2D eigenvalue weighted by Crippen LogP contribution is -2.34. The average Bonchev–Trinajstić information content (AvgIpc) is 2.89. The topological polar surface area (TPSA) is 41.6 Å². The summed E-state index contributed by atoms with van der Waals surface area (Å²) in [4.78, 5) is 14.0. The molecule has 1 amide bonds. The fraction of sp³-hybridized carbons (Fsp3) is 0.929. The van der Waals surface area contributed by atoms with Gasteiger partial charge in [0.1, 0.15) is 0 Å². The molecule has 2 aliphatic rings. The fourth-order valence-electron chi connectivity index (χ4n) is 2.83. The molecule has 2 heterocycles. The van der Waals surface area contributed by atoms with Crippen molar-refractivity contribution in [3.05, 3.63) is 0 Å². The Morgan fingerprint density at radius 2 is 2.11 bits per heavy atom. The Bertz CT molecular complexity index is 265. The minimum Gasteiger partial charge on any atom is -0.378 e. The van der Waals surface area contributed by atoms with E-state index in [2.05, 4.69) is 12.2 Å². The Morgan fingerprint density at radius 1 is 1.33 bits per heavy atom. The van der Waals surface area contributed by atoms with Crippen LogP contribution in [0.1, 0.15) is 39.0 Å². The van der Waals surface area contributed by atoms with Crippen molar-refractivity contribution in [3.8, 4) is 0 Å². The van der Waals surface area contributed by atoms with Crippen LogP contribution >= 0.6 is 0 Å². The third-order valence-electron chi connectivity index (χ3n) is 4.17. The molecular formula is C14H26N2O2. The van der Waals surface area contributed by atoms with Crippen LogP contribution in [0.2, 0.25) is 0 Å². The SMILES string of the molecule is CCC1CCN(C(=O)CCOC2CCNCC2)C1. The van der Waals surface area contributed by atoms with E-state index in [1.807, 2.05) is 4.90 Å². The Balaban J connectivity index is 1.60. The van der Waals surface area contributed by atoms with E-state index < -0.39 is 0 Å². The summed E-state index contributed by atoms with van der Waals surface area (Å²) < 4.78 is 5.78. The molecular weight excluding hydrogens is 228 g/mol. The number of likely N-dealkylation sites (tertiary alicyclic amines) is 1. The van der Waals surface area contributed by atoms with Crippen molar-refractivity contribution in [3.63, 3.8) is 0 Å². The van der Waals surface area contributed by atoms with Crippen LogP contribution in [0.5, 0.6) is 0 Å². The zero-order valence-electron chi connectivity index (χ0n) is 11.5. The summed E-state index contributed by atoms with van der Waals surface area (Å²) in [6.45, 7) is 6.80. The van der Waals surface area contributed by atoms with Crippen molar-refractivity contribution in [2.75, 3.05) is 32.8 Å². The largest absolute Gasteiger partial charge is 0.378 e. The second-order valence-corrected chi connectivity index (χ2v) is 5.47. The van der Waals surface area contributed by atoms with E-state index in [1.54, 1.807) is 0 Å². The molecule has 0 aromatic carbocycles. The molecule has 0 radical (unpaired) electrons. The van der Waals surface area contributed by atoms with Crippen molar-refractivity contribution < 1.29 is 9.53 Å². The highest BCUT2D eigenvalue weighted by Gasteiger charge is 2.24. The second-order valence-electron chi connectivity index (χ2n) is 5.47. The molecule has 0 aromatic rings. The Morgan fingerprint density at radius 3 is 2.78 bits per heavy atom. The van der Waals surface area contributed by atoms with Gasteiger partial charge in [-0.05, 0) is 38.3 Å². The Kier molecular flexibility index (Phi) is 5.45. The van der Waals surface area contributed by atoms with Crippen LogP contribution in [0.4, 0.5) is 0 Å². The van der Waals surface area contributed by atoms with Gasteiger partial charge in [-0.3, -0.25) is 4.79 Å². The normalized spacial score (nSPS) is 25.6. The highest BCUT2D eigenvalue weighted by molar-refractivity contribution is 5.76. The standard InChI is InChI=1S/C14H26N2O2/c1-2-12-5-9-16(11-12)14(17)6-10-18-13-3-7-15-8-4-13/h12-13,15H,2-11H2,1H3. The number of hydrogen-bond donors (Lipinski definition) is 1. The average molecular weight is 254 g/mol. The predicted octanol–water partition coefficient (Wildman–Crippen LogP) is 1.40. The van der Waals surface area contributed by atoms with Gasteiger partial charge in [0.2, 0.25) is 5.91 Å². The van der Waals surface area contributed by atoms with Gasteiger partial charge in [-0.25, -0.2) is 0 Å². The highest BCUT2D eigenvalue weighted by atomic mass is 16.5. The molecule has 0 saturated carbocycles. The van der Waals surface area contributed by atoms with Gasteiger partial charge in [-0.2, -0.15) is 0 Å². The maximum absolute atomic E-state index is 12.0. The van der Waals surface area contributed by atoms with Crippen molar-refractivity contribution in [2.45, 2.75) is 45.1 Å². The number of rotatable bonds is 5. The van der Waals surface area contributed by atoms with Gasteiger partial charge in [-0.1, -0.05) is 13.3 Å². The summed E-state index contributed by atoms with van der Waals surface area (Å²) in [6, 6.07) is 0. The summed E-state index contributed by atoms with van der Waals surface area (Å²) in [5.74, 6) is 0.999. The minimum absolute atomic E-state index is 0.278. The summed E-state index contributed by atoms with van der Waals surface area (Å²) in [6.07, 6.45) is 5.44. The third-order valence-corrected chi connectivity index (χ3v) is 4.17. The van der Waals surface area contributed by atoms with Crippen molar-refractivity contribution in [1.29, 1.82) is 0 Å². The molecule has 0 aliphatic carbocycles. The first-order valence-corrected chi connectivity index (χ1v) is 7.39. The van der Waals surface area contributed by atoms with Gasteiger partial charge >= 0.3 is 0 Å². The van der Waals surface area contributed by atoms with Crippen molar-refractivity contribution in [1.82, 2.24) is 10.2 Å². The van der Waals surface area contributed by atoms with E-state index in [4.69, 9.17) is 4.74 Å². The summed E-state index contributed by atoms with van der Waals surface area (Å²) in [5, 5.41) is 3.31. The van der Waals surface area contributed by atoms with E-state index in [-0.39, 0.29) is 5.91 Å². The monoisotopic (exact) mass is 254 g/mol. The Labute approximate surface area is 110 Å². The molecule has 2 saturated heterocycles. The van der Waals surface area contributed by atoms with Gasteiger partial charge in [0.05, 0.1) is 19.1 Å². The second kappa shape index (κ2) is 7.10. The molecule has 104 valence electrons. The van der Waals surface area contributed by atoms with E-state index in [9.17, 15) is 4.79 Å². The first-order valence-electron chi connectivity index (χ1n) is 7.39. The van der Waals surface area contributed by atoms with Crippen molar-refractivity contribution >= 4 is 5.91 Å². The molecule has 2 fully saturated rings. The van der Waals surface area contributed by atoms with Crippen LogP contribution < -0.4 is 5.32 Å². The first kappa shape index (κ1) is 13.8. The number of hydrogen-bond acceptors (Lipinski definition) is 3. The van der Waals surface area contributed by atoms with Crippen LogP contribution in [0.25, 0.3) is 0 Å². The molecule has 0 spiro atoms. The molecule has 4 heteroatoms. The van der Waals surface area contributed by atoms with E-state index in [0.717, 1.165) is 44.9 Å². The van der Waals surface area contributed by atoms with Crippen LogP contribution in [-0.2, 0) is 9.53 Å². The van der Waals surface area contributed by atoms with Gasteiger partial charge in [0.25, 0.3) is 0 Å². The van der Waals surface area contributed by atoms with Crippen LogP contribution in [0.3, 0.4) is 0 Å². The van der Waals surface area contributed by atoms with Gasteiger partial charge in [0, 0.05) is 13.1 Å². The van der Waals surface area contributed by atoms with E-state index in [1.165, 1.54) is 12.8 Å². The minimum atomic E-state index is 0.278. The van der Waals surface area contributed by atoms with Crippen LogP contribution in [0.15, 0.2) is 0 Å². The molecule has 1 atom stereocenters. The zero-order chi connectivity index (χ0) is 12.8. The number of carbonyl (C=O) groups excluding carboxylic acids is 1. The molecule has 1 N–H and O–H groups in total. The van der Waals surface area contributed by atoms with Gasteiger partial charge in [-0.15, -0.1) is 0 Å². The lowest BCUT2D eigenvalue weighted by atomic mass is 10.1. The first-order chi connectivity index (χ1) is 8.79. The van der Waals surface area contributed by atoms with Crippen LogP contribution in [-0.4, -0.2) is 49.7 Å². The molecule has 0 aromatic heterocycles. The number of carbonyl (C=O) groups is 1. The molecule has 2 aliphatic heterocycles. The molecule has 4 nitrogen and oxygen atoms in total. The maximum Gasteiger partial charge on any atom is 0.224 e. The predicted molar refractivity (Wildman–Crippen MR) is 71.4 cm³/mol. The van der Waals surface area contributed by atoms with Gasteiger partial charge in [0.15, 0.2) is 0 Å². The van der Waals surface area contributed by atoms with Gasteiger partial charge < -0.3 is 15.0 Å². The third kappa shape index (κ3) is 3.95. The lowest BCUT2D eigenvalue weighted by Gasteiger charge is -2.23. The quantitative estimate of drug-likeness (QED) is 0.806.